The minimum Gasteiger partial charge on any atom is -0.481 e. The number of carboxylic acid groups (broad SMARTS) is 1. The number of nitrogens with zero attached hydrogens (tertiary/aromatic N) is 1. The van der Waals surface area contributed by atoms with Gasteiger partial charge < -0.3 is 5.11 Å². The van der Waals surface area contributed by atoms with Crippen LogP contribution in [0.25, 0.3) is 21.3 Å². The van der Waals surface area contributed by atoms with Gasteiger partial charge in [0, 0.05) is 12.0 Å². The summed E-state index contributed by atoms with van der Waals surface area (Å²) in [6.07, 6.45) is 0.740. The van der Waals surface area contributed by atoms with E-state index in [0.717, 1.165) is 16.6 Å². The minimum absolute atomic E-state index is 0.170. The van der Waals surface area contributed by atoms with Crippen molar-refractivity contribution in [3.63, 3.8) is 0 Å². The highest BCUT2D eigenvalue weighted by Gasteiger charge is 2.06. The van der Waals surface area contributed by atoms with Gasteiger partial charge in [0.05, 0.1) is 15.7 Å². The summed E-state index contributed by atoms with van der Waals surface area (Å²) in [5.41, 5.74) is 6.24. The van der Waals surface area contributed by atoms with E-state index in [1.54, 1.807) is 11.3 Å². The molecule has 20 heavy (non-hydrogen) atoms. The minimum atomic E-state index is -0.761. The smallest absolute Gasteiger partial charge is 0.303 e. The van der Waals surface area contributed by atoms with Crippen LogP contribution in [0.5, 0.6) is 0 Å². The molecule has 0 saturated heterocycles. The predicted molar refractivity (Wildman–Crippen MR) is 81.0 cm³/mol. The zero-order valence-electron chi connectivity index (χ0n) is 10.7. The molecule has 0 saturated carbocycles. The van der Waals surface area contributed by atoms with Gasteiger partial charge in [0.2, 0.25) is 0 Å². The molecule has 0 spiro atoms. The molecule has 1 N–H and O–H groups in total. The van der Waals surface area contributed by atoms with Crippen LogP contribution in [0, 0.1) is 0 Å². The number of hydrogen-bond acceptors (Lipinski definition) is 3. The molecular weight excluding hydrogens is 270 g/mol. The normalized spacial score (nSPS) is 10.8. The Bertz CT molecular complexity index is 747. The fraction of sp³-hybridized carbons (Fsp3) is 0.125. The first-order chi connectivity index (χ1) is 9.74. The maximum Gasteiger partial charge on any atom is 0.303 e. The molecule has 4 heteroatoms. The lowest BCUT2D eigenvalue weighted by Gasteiger charge is -2.05. The third kappa shape index (κ3) is 2.56. The Balaban J connectivity index is 1.91. The topological polar surface area (TPSA) is 50.2 Å². The molecule has 3 aromatic rings. The molecule has 0 aliphatic heterocycles. The molecule has 0 aliphatic rings. The van der Waals surface area contributed by atoms with E-state index in [2.05, 4.69) is 11.1 Å². The highest BCUT2D eigenvalue weighted by atomic mass is 32.1. The molecule has 0 atom stereocenters. The van der Waals surface area contributed by atoms with Crippen LogP contribution in [-0.4, -0.2) is 16.1 Å². The first-order valence-electron chi connectivity index (χ1n) is 6.37. The van der Waals surface area contributed by atoms with E-state index in [9.17, 15) is 4.79 Å². The Hall–Kier alpha value is -2.20. The lowest BCUT2D eigenvalue weighted by molar-refractivity contribution is -0.136. The van der Waals surface area contributed by atoms with Crippen LogP contribution in [0.4, 0.5) is 0 Å². The molecule has 100 valence electrons. The molecule has 0 bridgehead atoms. The molecule has 0 unspecified atom stereocenters. The third-order valence-corrected chi connectivity index (χ3v) is 4.12. The monoisotopic (exact) mass is 283 g/mol. The Morgan fingerprint density at radius 3 is 2.70 bits per heavy atom. The lowest BCUT2D eigenvalue weighted by Crippen LogP contribution is -1.97. The van der Waals surface area contributed by atoms with Crippen LogP contribution < -0.4 is 0 Å². The van der Waals surface area contributed by atoms with E-state index < -0.39 is 5.97 Å². The second kappa shape index (κ2) is 5.43. The Morgan fingerprint density at radius 2 is 1.95 bits per heavy atom. The number of aliphatic carboxylic acids is 1. The molecule has 3 rings (SSSR count). The van der Waals surface area contributed by atoms with E-state index in [0.29, 0.717) is 6.42 Å². The van der Waals surface area contributed by atoms with Gasteiger partial charge in [0.15, 0.2) is 0 Å². The van der Waals surface area contributed by atoms with Gasteiger partial charge in [-0.15, -0.1) is 11.3 Å². The van der Waals surface area contributed by atoms with E-state index in [4.69, 9.17) is 5.11 Å². The summed E-state index contributed by atoms with van der Waals surface area (Å²) in [6.45, 7) is 0. The third-order valence-electron chi connectivity index (χ3n) is 3.25. The lowest BCUT2D eigenvalue weighted by atomic mass is 10.0. The van der Waals surface area contributed by atoms with Crippen molar-refractivity contribution in [3.8, 4) is 11.1 Å². The maximum atomic E-state index is 10.6. The van der Waals surface area contributed by atoms with Crippen molar-refractivity contribution in [1.29, 1.82) is 0 Å². The van der Waals surface area contributed by atoms with Crippen LogP contribution in [0.3, 0.4) is 0 Å². The van der Waals surface area contributed by atoms with Gasteiger partial charge in [0.25, 0.3) is 0 Å². The molecule has 0 amide bonds. The average Bonchev–Trinajstić information content (AvgIpc) is 2.94. The van der Waals surface area contributed by atoms with Crippen molar-refractivity contribution >= 4 is 27.5 Å². The zero-order chi connectivity index (χ0) is 13.9. The highest BCUT2D eigenvalue weighted by Crippen LogP contribution is 2.31. The SMILES string of the molecule is O=C(O)CCc1ccc(-c2cccc3ncsc23)cc1. The number of aryl methyl sites for hydroxylation is 1. The van der Waals surface area contributed by atoms with Gasteiger partial charge >= 0.3 is 5.97 Å². The largest absolute Gasteiger partial charge is 0.481 e. The summed E-state index contributed by atoms with van der Waals surface area (Å²) in [5.74, 6) is -0.761. The van der Waals surface area contributed by atoms with Gasteiger partial charge in [-0.2, -0.15) is 0 Å². The van der Waals surface area contributed by atoms with E-state index in [1.807, 2.05) is 41.9 Å². The van der Waals surface area contributed by atoms with Gasteiger partial charge in [-0.3, -0.25) is 4.79 Å². The van der Waals surface area contributed by atoms with Gasteiger partial charge in [0.1, 0.15) is 0 Å². The number of fused-ring (bicyclic) bond motifs is 1. The molecule has 0 aliphatic carbocycles. The quantitative estimate of drug-likeness (QED) is 0.788. The van der Waals surface area contributed by atoms with E-state index >= 15 is 0 Å². The number of benzene rings is 2. The number of aromatic nitrogens is 1. The molecular formula is C16H13NO2S. The summed E-state index contributed by atoms with van der Waals surface area (Å²) in [5, 5.41) is 8.70. The molecule has 3 nitrogen and oxygen atoms in total. The van der Waals surface area contributed by atoms with Crippen molar-refractivity contribution in [2.24, 2.45) is 0 Å². The summed E-state index contributed by atoms with van der Waals surface area (Å²) in [6, 6.07) is 14.2. The Labute approximate surface area is 120 Å². The number of carbonyl (C=O) groups is 1. The van der Waals surface area contributed by atoms with Crippen LogP contribution in [0.2, 0.25) is 0 Å². The molecule has 1 aromatic heterocycles. The first kappa shape index (κ1) is 12.8. The second-order valence-corrected chi connectivity index (χ2v) is 5.45. The molecule has 0 radical (unpaired) electrons. The number of carboxylic acids is 1. The van der Waals surface area contributed by atoms with Crippen molar-refractivity contribution in [2.75, 3.05) is 0 Å². The van der Waals surface area contributed by atoms with Crippen molar-refractivity contribution in [2.45, 2.75) is 12.8 Å². The predicted octanol–water partition coefficient (Wildman–Crippen LogP) is 3.98. The number of thiazole rings is 1. The van der Waals surface area contributed by atoms with E-state index in [-0.39, 0.29) is 6.42 Å². The van der Waals surface area contributed by atoms with Crippen LogP contribution in [0.15, 0.2) is 48.0 Å². The van der Waals surface area contributed by atoms with Gasteiger partial charge in [-0.05, 0) is 23.6 Å². The number of hydrogen-bond donors (Lipinski definition) is 1. The van der Waals surface area contributed by atoms with Gasteiger partial charge in [-0.1, -0.05) is 36.4 Å². The van der Waals surface area contributed by atoms with Crippen LogP contribution >= 0.6 is 11.3 Å². The summed E-state index contributed by atoms with van der Waals surface area (Å²) in [7, 11) is 0. The second-order valence-electron chi connectivity index (χ2n) is 4.60. The fourth-order valence-electron chi connectivity index (χ4n) is 2.22. The van der Waals surface area contributed by atoms with Crippen LogP contribution in [0.1, 0.15) is 12.0 Å². The number of rotatable bonds is 4. The highest BCUT2D eigenvalue weighted by molar-refractivity contribution is 7.17. The van der Waals surface area contributed by atoms with Gasteiger partial charge in [-0.25, -0.2) is 4.98 Å². The fourth-order valence-corrected chi connectivity index (χ4v) is 3.04. The molecule has 0 fully saturated rings. The Morgan fingerprint density at radius 1 is 1.15 bits per heavy atom. The average molecular weight is 283 g/mol. The van der Waals surface area contributed by atoms with Crippen LogP contribution in [-0.2, 0) is 11.2 Å². The summed E-state index contributed by atoms with van der Waals surface area (Å²) >= 11 is 1.64. The molecule has 1 heterocycles. The Kier molecular flexibility index (Phi) is 3.48. The maximum absolute atomic E-state index is 10.6. The standard InChI is InChI=1S/C16H13NO2S/c18-15(19)9-6-11-4-7-12(8-5-11)13-2-1-3-14-16(13)20-10-17-14/h1-5,7-8,10H,6,9H2,(H,18,19). The van der Waals surface area contributed by atoms with Crippen molar-refractivity contribution in [1.82, 2.24) is 4.98 Å². The van der Waals surface area contributed by atoms with E-state index in [1.165, 1.54) is 10.3 Å². The first-order valence-corrected chi connectivity index (χ1v) is 7.25. The summed E-state index contributed by atoms with van der Waals surface area (Å²) < 4.78 is 1.19. The van der Waals surface area contributed by atoms with Crippen molar-refractivity contribution in [3.05, 3.63) is 53.5 Å². The molecule has 2 aromatic carbocycles. The summed E-state index contributed by atoms with van der Waals surface area (Å²) in [4.78, 5) is 14.9. The zero-order valence-corrected chi connectivity index (χ0v) is 11.6. The van der Waals surface area contributed by atoms with Crippen molar-refractivity contribution < 1.29 is 9.90 Å².